The summed E-state index contributed by atoms with van der Waals surface area (Å²) in [5.41, 5.74) is 1.31. The maximum absolute atomic E-state index is 13.8. The van der Waals surface area contributed by atoms with Crippen LogP contribution >= 0.6 is 0 Å². The number of rotatable bonds is 2. The van der Waals surface area contributed by atoms with E-state index in [2.05, 4.69) is 4.90 Å². The Morgan fingerprint density at radius 1 is 1.12 bits per heavy atom. The van der Waals surface area contributed by atoms with Crippen LogP contribution in [0.1, 0.15) is 31.2 Å². The van der Waals surface area contributed by atoms with Gasteiger partial charge in [-0.05, 0) is 30.5 Å². The summed E-state index contributed by atoms with van der Waals surface area (Å²) in [6.07, 6.45) is 4.77. The number of aliphatic hydroxyl groups excluding tert-OH is 1. The maximum Gasteiger partial charge on any atom is 0.146 e. The zero-order valence-corrected chi connectivity index (χ0v) is 9.45. The Hall–Kier alpha value is -1.09. The molecule has 0 unspecified atom stereocenters. The molecule has 0 atom stereocenters. The standard InChI is InChI=1S/C13H18FNO/c14-12-9-11(10-16)5-6-13(12)15-7-3-1-2-4-8-15/h5-6,9,16H,1-4,7-8,10H2. The zero-order valence-electron chi connectivity index (χ0n) is 9.45. The first kappa shape index (κ1) is 11.4. The highest BCUT2D eigenvalue weighted by Gasteiger charge is 2.13. The topological polar surface area (TPSA) is 23.5 Å². The van der Waals surface area contributed by atoms with E-state index in [4.69, 9.17) is 5.11 Å². The number of nitrogens with zero attached hydrogens (tertiary/aromatic N) is 1. The van der Waals surface area contributed by atoms with E-state index in [1.165, 1.54) is 18.9 Å². The van der Waals surface area contributed by atoms with Gasteiger partial charge in [-0.15, -0.1) is 0 Å². The van der Waals surface area contributed by atoms with Gasteiger partial charge in [0.1, 0.15) is 5.82 Å². The third-order valence-corrected chi connectivity index (χ3v) is 3.14. The minimum atomic E-state index is -0.214. The van der Waals surface area contributed by atoms with E-state index < -0.39 is 0 Å². The molecule has 0 bridgehead atoms. The van der Waals surface area contributed by atoms with E-state index >= 15 is 0 Å². The zero-order chi connectivity index (χ0) is 11.4. The van der Waals surface area contributed by atoms with Crippen molar-refractivity contribution in [1.82, 2.24) is 0 Å². The van der Waals surface area contributed by atoms with Crippen molar-refractivity contribution in [2.75, 3.05) is 18.0 Å². The van der Waals surface area contributed by atoms with E-state index in [1.807, 2.05) is 0 Å². The molecule has 0 amide bonds. The van der Waals surface area contributed by atoms with Crippen molar-refractivity contribution < 1.29 is 9.50 Å². The molecule has 2 rings (SSSR count). The maximum atomic E-state index is 13.8. The second kappa shape index (κ2) is 5.30. The van der Waals surface area contributed by atoms with Crippen LogP contribution in [0.5, 0.6) is 0 Å². The van der Waals surface area contributed by atoms with E-state index in [1.54, 1.807) is 12.1 Å². The number of hydrogen-bond donors (Lipinski definition) is 1. The molecule has 0 saturated carbocycles. The summed E-state index contributed by atoms with van der Waals surface area (Å²) in [7, 11) is 0. The normalized spacial score (nSPS) is 17.2. The first-order valence-corrected chi connectivity index (χ1v) is 5.95. The van der Waals surface area contributed by atoms with Gasteiger partial charge < -0.3 is 10.0 Å². The van der Waals surface area contributed by atoms with Crippen molar-refractivity contribution in [2.24, 2.45) is 0 Å². The van der Waals surface area contributed by atoms with Crippen molar-refractivity contribution >= 4 is 5.69 Å². The van der Waals surface area contributed by atoms with Crippen molar-refractivity contribution in [3.8, 4) is 0 Å². The molecule has 1 fully saturated rings. The van der Waals surface area contributed by atoms with E-state index in [0.29, 0.717) is 11.3 Å². The fourth-order valence-corrected chi connectivity index (χ4v) is 2.22. The fourth-order valence-electron chi connectivity index (χ4n) is 2.22. The average molecular weight is 223 g/mol. The number of hydrogen-bond acceptors (Lipinski definition) is 2. The second-order valence-corrected chi connectivity index (χ2v) is 4.35. The summed E-state index contributed by atoms with van der Waals surface area (Å²) < 4.78 is 13.8. The highest BCUT2D eigenvalue weighted by atomic mass is 19.1. The third kappa shape index (κ3) is 2.53. The van der Waals surface area contributed by atoms with Crippen LogP contribution in [0, 0.1) is 5.82 Å². The molecule has 1 aromatic rings. The molecular formula is C13H18FNO. The van der Waals surface area contributed by atoms with Gasteiger partial charge in [0.05, 0.1) is 12.3 Å². The van der Waals surface area contributed by atoms with Crippen LogP contribution in [-0.4, -0.2) is 18.2 Å². The molecule has 0 aromatic heterocycles. The van der Waals surface area contributed by atoms with Crippen LogP contribution in [0.15, 0.2) is 18.2 Å². The molecule has 1 aliphatic rings. The largest absolute Gasteiger partial charge is 0.392 e. The molecule has 2 nitrogen and oxygen atoms in total. The molecule has 1 aromatic carbocycles. The average Bonchev–Trinajstić information content (AvgIpc) is 2.57. The Morgan fingerprint density at radius 2 is 1.81 bits per heavy atom. The lowest BCUT2D eigenvalue weighted by molar-refractivity contribution is 0.281. The lowest BCUT2D eigenvalue weighted by Crippen LogP contribution is -2.24. The summed E-state index contributed by atoms with van der Waals surface area (Å²) in [5.74, 6) is -0.214. The molecule has 3 heteroatoms. The van der Waals surface area contributed by atoms with Crippen molar-refractivity contribution in [1.29, 1.82) is 0 Å². The Morgan fingerprint density at radius 3 is 2.38 bits per heavy atom. The van der Waals surface area contributed by atoms with E-state index in [-0.39, 0.29) is 12.4 Å². The highest BCUT2D eigenvalue weighted by molar-refractivity contribution is 5.49. The van der Waals surface area contributed by atoms with Crippen LogP contribution in [-0.2, 0) is 6.61 Å². The molecule has 88 valence electrons. The molecule has 0 radical (unpaired) electrons. The van der Waals surface area contributed by atoms with Crippen molar-refractivity contribution in [2.45, 2.75) is 32.3 Å². The first-order chi connectivity index (χ1) is 7.81. The molecule has 0 spiro atoms. The molecule has 1 saturated heterocycles. The number of benzene rings is 1. The number of halogens is 1. The minimum absolute atomic E-state index is 0.100. The Balaban J connectivity index is 2.18. The van der Waals surface area contributed by atoms with Crippen molar-refractivity contribution in [3.63, 3.8) is 0 Å². The first-order valence-electron chi connectivity index (χ1n) is 5.95. The van der Waals surface area contributed by atoms with Crippen LogP contribution in [0.2, 0.25) is 0 Å². The molecule has 1 heterocycles. The van der Waals surface area contributed by atoms with Gasteiger partial charge in [-0.25, -0.2) is 4.39 Å². The fraction of sp³-hybridized carbons (Fsp3) is 0.538. The van der Waals surface area contributed by atoms with Crippen LogP contribution in [0.3, 0.4) is 0 Å². The molecular weight excluding hydrogens is 205 g/mol. The predicted octanol–water partition coefficient (Wildman–Crippen LogP) is 2.70. The van der Waals surface area contributed by atoms with Crippen LogP contribution < -0.4 is 4.90 Å². The van der Waals surface area contributed by atoms with Gasteiger partial charge in [0, 0.05) is 13.1 Å². The van der Waals surface area contributed by atoms with E-state index in [9.17, 15) is 4.39 Å². The smallest absolute Gasteiger partial charge is 0.146 e. The minimum Gasteiger partial charge on any atom is -0.392 e. The highest BCUT2D eigenvalue weighted by Crippen LogP contribution is 2.23. The Labute approximate surface area is 95.7 Å². The summed E-state index contributed by atoms with van der Waals surface area (Å²) in [6, 6.07) is 5.01. The number of anilines is 1. The quantitative estimate of drug-likeness (QED) is 0.833. The molecule has 0 aliphatic carbocycles. The predicted molar refractivity (Wildman–Crippen MR) is 63.0 cm³/mol. The van der Waals surface area contributed by atoms with Crippen molar-refractivity contribution in [3.05, 3.63) is 29.6 Å². The Bertz CT molecular complexity index is 346. The van der Waals surface area contributed by atoms with Gasteiger partial charge in [0.25, 0.3) is 0 Å². The van der Waals surface area contributed by atoms with Gasteiger partial charge in [-0.1, -0.05) is 18.9 Å². The summed E-state index contributed by atoms with van der Waals surface area (Å²) >= 11 is 0. The molecule has 1 N–H and O–H groups in total. The van der Waals surface area contributed by atoms with Gasteiger partial charge in [0.2, 0.25) is 0 Å². The van der Waals surface area contributed by atoms with E-state index in [0.717, 1.165) is 25.9 Å². The van der Waals surface area contributed by atoms with Gasteiger partial charge >= 0.3 is 0 Å². The lowest BCUT2D eigenvalue weighted by Gasteiger charge is -2.23. The Kier molecular flexibility index (Phi) is 3.78. The molecule has 1 aliphatic heterocycles. The molecule has 16 heavy (non-hydrogen) atoms. The monoisotopic (exact) mass is 223 g/mol. The van der Waals surface area contributed by atoms with Crippen LogP contribution in [0.4, 0.5) is 10.1 Å². The summed E-state index contributed by atoms with van der Waals surface area (Å²) in [4.78, 5) is 2.11. The van der Waals surface area contributed by atoms with Crippen LogP contribution in [0.25, 0.3) is 0 Å². The lowest BCUT2D eigenvalue weighted by atomic mass is 10.2. The van der Waals surface area contributed by atoms with Gasteiger partial charge in [-0.2, -0.15) is 0 Å². The third-order valence-electron chi connectivity index (χ3n) is 3.14. The number of aliphatic hydroxyl groups is 1. The van der Waals surface area contributed by atoms with Gasteiger partial charge in [0.15, 0.2) is 0 Å². The summed E-state index contributed by atoms with van der Waals surface area (Å²) in [6.45, 7) is 1.78. The second-order valence-electron chi connectivity index (χ2n) is 4.35. The summed E-state index contributed by atoms with van der Waals surface area (Å²) in [5, 5.41) is 8.93. The SMILES string of the molecule is OCc1ccc(N2CCCCCC2)c(F)c1. The van der Waals surface area contributed by atoms with Gasteiger partial charge in [-0.3, -0.25) is 0 Å².